The molecular weight excluding hydrogens is 260 g/mol. The maximum atomic E-state index is 11.8. The lowest BCUT2D eigenvalue weighted by atomic mass is 10.1. The van der Waals surface area contributed by atoms with E-state index in [2.05, 4.69) is 10.6 Å². The highest BCUT2D eigenvalue weighted by molar-refractivity contribution is 5.99. The summed E-state index contributed by atoms with van der Waals surface area (Å²) in [5, 5.41) is 5.68. The van der Waals surface area contributed by atoms with Crippen molar-refractivity contribution in [1.82, 2.24) is 5.32 Å². The second-order valence-corrected chi connectivity index (χ2v) is 4.32. The lowest BCUT2D eigenvalue weighted by Gasteiger charge is -2.16. The van der Waals surface area contributed by atoms with Crippen molar-refractivity contribution in [3.05, 3.63) is 23.8 Å². The van der Waals surface area contributed by atoms with Gasteiger partial charge in [0.05, 0.1) is 12.2 Å². The van der Waals surface area contributed by atoms with Crippen LogP contribution in [0.3, 0.4) is 0 Å². The van der Waals surface area contributed by atoms with Gasteiger partial charge in [0.25, 0.3) is 5.91 Å². The molecule has 0 bridgehead atoms. The molecule has 1 aromatic rings. The molecule has 0 aliphatic heterocycles. The molecule has 0 aliphatic carbocycles. The highest BCUT2D eigenvalue weighted by atomic mass is 16.5. The van der Waals surface area contributed by atoms with E-state index < -0.39 is 11.9 Å². The SMILES string of the molecule is COCCNC(=O)C(C)Nc1ccc(N)c(C(N)=O)c1. The van der Waals surface area contributed by atoms with Crippen molar-refractivity contribution in [2.24, 2.45) is 5.73 Å². The summed E-state index contributed by atoms with van der Waals surface area (Å²) in [6.07, 6.45) is 0. The predicted molar refractivity (Wildman–Crippen MR) is 77.3 cm³/mol. The van der Waals surface area contributed by atoms with Crippen molar-refractivity contribution in [1.29, 1.82) is 0 Å². The fourth-order valence-electron chi connectivity index (χ4n) is 1.60. The van der Waals surface area contributed by atoms with Gasteiger partial charge in [-0.15, -0.1) is 0 Å². The molecule has 0 aromatic heterocycles. The Morgan fingerprint density at radius 2 is 2.10 bits per heavy atom. The Bertz CT molecular complexity index is 491. The fraction of sp³-hybridized carbons (Fsp3) is 0.385. The monoisotopic (exact) mass is 280 g/mol. The fourth-order valence-corrected chi connectivity index (χ4v) is 1.60. The molecule has 0 spiro atoms. The molecule has 0 fully saturated rings. The second kappa shape index (κ2) is 7.34. The maximum Gasteiger partial charge on any atom is 0.250 e. The zero-order valence-electron chi connectivity index (χ0n) is 11.6. The molecule has 7 nitrogen and oxygen atoms in total. The summed E-state index contributed by atoms with van der Waals surface area (Å²) in [5.41, 5.74) is 12.0. The number of benzene rings is 1. The van der Waals surface area contributed by atoms with Gasteiger partial charge in [0.15, 0.2) is 0 Å². The molecule has 0 heterocycles. The third kappa shape index (κ3) is 4.43. The van der Waals surface area contributed by atoms with E-state index in [1.807, 2.05) is 0 Å². The van der Waals surface area contributed by atoms with E-state index >= 15 is 0 Å². The van der Waals surface area contributed by atoms with Crippen LogP contribution >= 0.6 is 0 Å². The number of ether oxygens (including phenoxy) is 1. The van der Waals surface area contributed by atoms with Crippen molar-refractivity contribution >= 4 is 23.2 Å². The summed E-state index contributed by atoms with van der Waals surface area (Å²) in [7, 11) is 1.56. The van der Waals surface area contributed by atoms with E-state index in [-0.39, 0.29) is 11.5 Å². The second-order valence-electron chi connectivity index (χ2n) is 4.32. The normalized spacial score (nSPS) is 11.7. The van der Waals surface area contributed by atoms with E-state index in [0.717, 1.165) is 0 Å². The van der Waals surface area contributed by atoms with Gasteiger partial charge in [-0.05, 0) is 25.1 Å². The molecule has 110 valence electrons. The number of methoxy groups -OCH3 is 1. The number of nitrogen functional groups attached to an aromatic ring is 1. The van der Waals surface area contributed by atoms with Gasteiger partial charge in [-0.25, -0.2) is 0 Å². The topological polar surface area (TPSA) is 119 Å². The summed E-state index contributed by atoms with van der Waals surface area (Å²) in [4.78, 5) is 23.0. The minimum absolute atomic E-state index is 0.167. The third-order valence-electron chi connectivity index (χ3n) is 2.70. The molecular formula is C13H20N4O3. The lowest BCUT2D eigenvalue weighted by molar-refractivity contribution is -0.121. The van der Waals surface area contributed by atoms with E-state index in [4.69, 9.17) is 16.2 Å². The molecule has 1 rings (SSSR count). The van der Waals surface area contributed by atoms with Crippen molar-refractivity contribution in [3.8, 4) is 0 Å². The van der Waals surface area contributed by atoms with Gasteiger partial charge in [-0.1, -0.05) is 0 Å². The minimum Gasteiger partial charge on any atom is -0.398 e. The molecule has 7 heteroatoms. The standard InChI is InChI=1S/C13H20N4O3/c1-8(13(19)16-5-6-20-2)17-9-3-4-11(14)10(7-9)12(15)18/h3-4,7-8,17H,5-6,14H2,1-2H3,(H2,15,18)(H,16,19). The first-order chi connectivity index (χ1) is 9.45. The van der Waals surface area contributed by atoms with Crippen LogP contribution in [-0.4, -0.2) is 38.1 Å². The summed E-state index contributed by atoms with van der Waals surface area (Å²) >= 11 is 0. The van der Waals surface area contributed by atoms with Crippen LogP contribution in [0.5, 0.6) is 0 Å². The average Bonchev–Trinajstić information content (AvgIpc) is 2.40. The van der Waals surface area contributed by atoms with Gasteiger partial charge in [0.2, 0.25) is 5.91 Å². The van der Waals surface area contributed by atoms with Gasteiger partial charge >= 0.3 is 0 Å². The first-order valence-electron chi connectivity index (χ1n) is 6.18. The zero-order valence-corrected chi connectivity index (χ0v) is 11.6. The molecule has 0 saturated heterocycles. The van der Waals surface area contributed by atoms with Crippen molar-refractivity contribution in [2.75, 3.05) is 31.3 Å². The number of rotatable bonds is 7. The summed E-state index contributed by atoms with van der Waals surface area (Å²) in [6.45, 7) is 2.60. The Labute approximate surface area is 117 Å². The molecule has 1 atom stereocenters. The Morgan fingerprint density at radius 3 is 2.70 bits per heavy atom. The number of nitrogens with two attached hydrogens (primary N) is 2. The number of hydrogen-bond donors (Lipinski definition) is 4. The Hall–Kier alpha value is -2.28. The zero-order chi connectivity index (χ0) is 15.1. The van der Waals surface area contributed by atoms with Crippen LogP contribution in [0.4, 0.5) is 11.4 Å². The summed E-state index contributed by atoms with van der Waals surface area (Å²) in [5.74, 6) is -0.775. The molecule has 6 N–H and O–H groups in total. The quantitative estimate of drug-likeness (QED) is 0.412. The lowest BCUT2D eigenvalue weighted by Crippen LogP contribution is -2.39. The van der Waals surface area contributed by atoms with E-state index in [1.165, 1.54) is 6.07 Å². The number of amides is 2. The third-order valence-corrected chi connectivity index (χ3v) is 2.70. The van der Waals surface area contributed by atoms with Crippen LogP contribution in [-0.2, 0) is 9.53 Å². The number of anilines is 2. The van der Waals surface area contributed by atoms with E-state index in [1.54, 1.807) is 26.2 Å². The molecule has 0 saturated carbocycles. The highest BCUT2D eigenvalue weighted by Gasteiger charge is 2.13. The first kappa shape index (κ1) is 15.8. The molecule has 1 unspecified atom stereocenters. The van der Waals surface area contributed by atoms with Gasteiger partial charge < -0.3 is 26.8 Å². The average molecular weight is 280 g/mol. The van der Waals surface area contributed by atoms with E-state index in [9.17, 15) is 9.59 Å². The van der Waals surface area contributed by atoms with Gasteiger partial charge in [0, 0.05) is 25.0 Å². The van der Waals surface area contributed by atoms with Crippen LogP contribution in [0, 0.1) is 0 Å². The van der Waals surface area contributed by atoms with Crippen LogP contribution in [0.1, 0.15) is 17.3 Å². The Kier molecular flexibility index (Phi) is 5.79. The number of carbonyl (C=O) groups excluding carboxylic acids is 2. The van der Waals surface area contributed by atoms with Crippen LogP contribution in [0.25, 0.3) is 0 Å². The number of hydrogen-bond acceptors (Lipinski definition) is 5. The number of carbonyl (C=O) groups is 2. The van der Waals surface area contributed by atoms with Crippen molar-refractivity contribution < 1.29 is 14.3 Å². The molecule has 0 radical (unpaired) electrons. The molecule has 0 aliphatic rings. The van der Waals surface area contributed by atoms with Gasteiger partial charge in [-0.2, -0.15) is 0 Å². The van der Waals surface area contributed by atoms with Crippen molar-refractivity contribution in [3.63, 3.8) is 0 Å². The van der Waals surface area contributed by atoms with Crippen molar-refractivity contribution in [2.45, 2.75) is 13.0 Å². The Balaban J connectivity index is 2.66. The predicted octanol–water partition coefficient (Wildman–Crippen LogP) is -0.0693. The highest BCUT2D eigenvalue weighted by Crippen LogP contribution is 2.18. The summed E-state index contributed by atoms with van der Waals surface area (Å²) in [6, 6.07) is 4.31. The first-order valence-corrected chi connectivity index (χ1v) is 6.18. The number of nitrogens with one attached hydrogen (secondary N) is 2. The minimum atomic E-state index is -0.608. The Morgan fingerprint density at radius 1 is 1.40 bits per heavy atom. The number of primary amides is 1. The van der Waals surface area contributed by atoms with E-state index in [0.29, 0.717) is 24.5 Å². The molecule has 2 amide bonds. The summed E-state index contributed by atoms with van der Waals surface area (Å²) < 4.78 is 4.85. The smallest absolute Gasteiger partial charge is 0.250 e. The van der Waals surface area contributed by atoms with Crippen LogP contribution in [0.2, 0.25) is 0 Å². The largest absolute Gasteiger partial charge is 0.398 e. The molecule has 1 aromatic carbocycles. The van der Waals surface area contributed by atoms with Crippen LogP contribution in [0.15, 0.2) is 18.2 Å². The maximum absolute atomic E-state index is 11.8. The van der Waals surface area contributed by atoms with Gasteiger partial charge in [0.1, 0.15) is 6.04 Å². The van der Waals surface area contributed by atoms with Crippen LogP contribution < -0.4 is 22.1 Å². The molecule has 20 heavy (non-hydrogen) atoms. The van der Waals surface area contributed by atoms with Gasteiger partial charge in [-0.3, -0.25) is 9.59 Å².